The van der Waals surface area contributed by atoms with Crippen molar-refractivity contribution in [3.63, 3.8) is 0 Å². The van der Waals surface area contributed by atoms with E-state index in [2.05, 4.69) is 15.1 Å². The van der Waals surface area contributed by atoms with Crippen LogP contribution in [0.5, 0.6) is 0 Å². The third kappa shape index (κ3) is 3.08. The fourth-order valence-electron chi connectivity index (χ4n) is 2.71. The Morgan fingerprint density at radius 1 is 1.04 bits per heavy atom. The van der Waals surface area contributed by atoms with Gasteiger partial charge in [0.05, 0.1) is 13.2 Å². The number of aliphatic hydroxyl groups excluding tert-OH is 2. The quantitative estimate of drug-likeness (QED) is 0.707. The number of rotatable bonds is 6. The maximum atomic E-state index is 9.30. The Labute approximate surface area is 140 Å². The molecule has 0 aliphatic rings. The molecular formula is C17H21N5O2. The molecule has 2 aromatic heterocycles. The normalized spacial score (nSPS) is 11.2. The van der Waals surface area contributed by atoms with Gasteiger partial charge < -0.3 is 15.1 Å². The Hall–Kier alpha value is -2.51. The van der Waals surface area contributed by atoms with Crippen LogP contribution in [0.1, 0.15) is 11.3 Å². The lowest BCUT2D eigenvalue weighted by atomic mass is 10.1. The summed E-state index contributed by atoms with van der Waals surface area (Å²) in [4.78, 5) is 10.9. The molecule has 0 amide bonds. The van der Waals surface area contributed by atoms with Gasteiger partial charge in [-0.15, -0.1) is 5.10 Å². The van der Waals surface area contributed by atoms with E-state index in [1.165, 1.54) is 0 Å². The second-order valence-corrected chi connectivity index (χ2v) is 5.65. The Morgan fingerprint density at radius 3 is 2.42 bits per heavy atom. The highest BCUT2D eigenvalue weighted by Crippen LogP contribution is 2.23. The number of aromatic nitrogens is 4. The van der Waals surface area contributed by atoms with Gasteiger partial charge in [0.2, 0.25) is 0 Å². The van der Waals surface area contributed by atoms with Crippen molar-refractivity contribution in [3.8, 4) is 11.4 Å². The van der Waals surface area contributed by atoms with E-state index in [1.54, 1.807) is 4.52 Å². The van der Waals surface area contributed by atoms with Crippen LogP contribution in [0.3, 0.4) is 0 Å². The lowest BCUT2D eigenvalue weighted by Crippen LogP contribution is -2.31. The van der Waals surface area contributed by atoms with Crippen LogP contribution in [0.4, 0.5) is 5.82 Å². The van der Waals surface area contributed by atoms with Crippen molar-refractivity contribution >= 4 is 11.6 Å². The molecule has 0 aliphatic carbocycles. The largest absolute Gasteiger partial charge is 0.395 e. The first-order valence-corrected chi connectivity index (χ1v) is 7.91. The fraction of sp³-hybridized carbons (Fsp3) is 0.353. The lowest BCUT2D eigenvalue weighted by molar-refractivity contribution is 0.280. The molecule has 24 heavy (non-hydrogen) atoms. The van der Waals surface area contributed by atoms with Gasteiger partial charge in [-0.3, -0.25) is 0 Å². The maximum Gasteiger partial charge on any atom is 0.254 e. The first kappa shape index (κ1) is 16.4. The molecule has 0 saturated heterocycles. The first-order chi connectivity index (χ1) is 11.6. The number of hydrogen-bond acceptors (Lipinski definition) is 6. The van der Waals surface area contributed by atoms with Crippen LogP contribution in [-0.4, -0.2) is 56.1 Å². The molecule has 0 bridgehead atoms. The smallest absolute Gasteiger partial charge is 0.254 e. The van der Waals surface area contributed by atoms with Gasteiger partial charge >= 0.3 is 0 Å². The van der Waals surface area contributed by atoms with Crippen molar-refractivity contribution in [2.24, 2.45) is 0 Å². The van der Waals surface area contributed by atoms with E-state index in [0.717, 1.165) is 22.6 Å². The fourth-order valence-corrected chi connectivity index (χ4v) is 2.71. The van der Waals surface area contributed by atoms with E-state index >= 15 is 0 Å². The molecule has 0 fully saturated rings. The second-order valence-electron chi connectivity index (χ2n) is 5.65. The molecular weight excluding hydrogens is 306 g/mol. The molecule has 0 spiro atoms. The van der Waals surface area contributed by atoms with E-state index < -0.39 is 0 Å². The minimum Gasteiger partial charge on any atom is -0.395 e. The van der Waals surface area contributed by atoms with E-state index in [9.17, 15) is 10.2 Å². The van der Waals surface area contributed by atoms with Gasteiger partial charge in [0.1, 0.15) is 5.82 Å². The van der Waals surface area contributed by atoms with E-state index in [4.69, 9.17) is 0 Å². The van der Waals surface area contributed by atoms with Crippen molar-refractivity contribution in [2.45, 2.75) is 13.8 Å². The number of anilines is 1. The summed E-state index contributed by atoms with van der Waals surface area (Å²) in [5.74, 6) is 1.87. The zero-order valence-corrected chi connectivity index (χ0v) is 13.8. The summed E-state index contributed by atoms with van der Waals surface area (Å²) in [5.41, 5.74) is 2.86. The molecule has 126 valence electrons. The highest BCUT2D eigenvalue weighted by atomic mass is 16.3. The average Bonchev–Trinajstić information content (AvgIpc) is 2.98. The number of benzene rings is 1. The van der Waals surface area contributed by atoms with Crippen molar-refractivity contribution in [3.05, 3.63) is 41.6 Å². The summed E-state index contributed by atoms with van der Waals surface area (Å²) in [6, 6.07) is 9.82. The monoisotopic (exact) mass is 327 g/mol. The molecule has 0 saturated carbocycles. The average molecular weight is 327 g/mol. The molecule has 3 aromatic rings. The maximum absolute atomic E-state index is 9.30. The third-order valence-corrected chi connectivity index (χ3v) is 3.87. The Morgan fingerprint density at radius 2 is 1.75 bits per heavy atom. The van der Waals surface area contributed by atoms with Crippen LogP contribution in [0, 0.1) is 13.8 Å². The van der Waals surface area contributed by atoms with Gasteiger partial charge in [-0.25, -0.2) is 4.98 Å². The topological polar surface area (TPSA) is 86.8 Å². The number of fused-ring (bicyclic) bond motifs is 1. The molecule has 2 heterocycles. The van der Waals surface area contributed by atoms with Gasteiger partial charge in [0.15, 0.2) is 5.82 Å². The molecule has 2 N–H and O–H groups in total. The van der Waals surface area contributed by atoms with Gasteiger partial charge in [0.25, 0.3) is 5.78 Å². The molecule has 7 nitrogen and oxygen atoms in total. The zero-order valence-electron chi connectivity index (χ0n) is 13.8. The van der Waals surface area contributed by atoms with Crippen molar-refractivity contribution in [1.29, 1.82) is 0 Å². The molecule has 0 aliphatic heterocycles. The van der Waals surface area contributed by atoms with E-state index in [0.29, 0.717) is 24.7 Å². The Kier molecular flexibility index (Phi) is 4.73. The van der Waals surface area contributed by atoms with E-state index in [1.807, 2.05) is 49.1 Å². The molecule has 7 heteroatoms. The molecule has 0 radical (unpaired) electrons. The Balaban J connectivity index is 2.15. The van der Waals surface area contributed by atoms with Crippen LogP contribution in [0.15, 0.2) is 30.3 Å². The summed E-state index contributed by atoms with van der Waals surface area (Å²) >= 11 is 0. The van der Waals surface area contributed by atoms with Crippen molar-refractivity contribution in [2.75, 3.05) is 31.2 Å². The summed E-state index contributed by atoms with van der Waals surface area (Å²) < 4.78 is 1.67. The van der Waals surface area contributed by atoms with Crippen LogP contribution in [-0.2, 0) is 0 Å². The minimum atomic E-state index is -0.0117. The standard InChI is InChI=1S/C17H21N5O2/c1-12-5-3-4-6-14(12)16-19-17-18-13(2)11-15(22(17)20-16)21(7-9-23)8-10-24/h3-6,11,23-24H,7-10H2,1-2H3. The van der Waals surface area contributed by atoms with Gasteiger partial charge in [-0.05, 0) is 19.4 Å². The summed E-state index contributed by atoms with van der Waals surface area (Å²) in [6.45, 7) is 4.69. The summed E-state index contributed by atoms with van der Waals surface area (Å²) in [5, 5.41) is 23.2. The number of nitrogens with zero attached hydrogens (tertiary/aromatic N) is 5. The van der Waals surface area contributed by atoms with Gasteiger partial charge in [-0.2, -0.15) is 9.50 Å². The first-order valence-electron chi connectivity index (χ1n) is 7.91. The zero-order chi connectivity index (χ0) is 17.1. The number of hydrogen-bond donors (Lipinski definition) is 2. The van der Waals surface area contributed by atoms with Crippen LogP contribution < -0.4 is 4.90 Å². The summed E-state index contributed by atoms with van der Waals surface area (Å²) in [7, 11) is 0. The van der Waals surface area contributed by atoms with Crippen molar-refractivity contribution < 1.29 is 10.2 Å². The van der Waals surface area contributed by atoms with Gasteiger partial charge in [0, 0.05) is 30.4 Å². The minimum absolute atomic E-state index is 0.0117. The molecule has 0 atom stereocenters. The molecule has 3 rings (SSSR count). The highest BCUT2D eigenvalue weighted by molar-refractivity contribution is 5.62. The second kappa shape index (κ2) is 6.94. The third-order valence-electron chi connectivity index (χ3n) is 3.87. The van der Waals surface area contributed by atoms with Crippen molar-refractivity contribution in [1.82, 2.24) is 19.6 Å². The number of aliphatic hydroxyl groups is 2. The molecule has 0 unspecified atom stereocenters. The van der Waals surface area contributed by atoms with E-state index in [-0.39, 0.29) is 13.2 Å². The summed E-state index contributed by atoms with van der Waals surface area (Å²) in [6.07, 6.45) is 0. The lowest BCUT2D eigenvalue weighted by Gasteiger charge is -2.23. The van der Waals surface area contributed by atoms with Crippen LogP contribution >= 0.6 is 0 Å². The predicted molar refractivity (Wildman–Crippen MR) is 92.1 cm³/mol. The van der Waals surface area contributed by atoms with Gasteiger partial charge in [-0.1, -0.05) is 24.3 Å². The Bertz CT molecular complexity index is 840. The molecule has 1 aromatic carbocycles. The predicted octanol–water partition coefficient (Wildman–Crippen LogP) is 1.20. The SMILES string of the molecule is Cc1cc(N(CCO)CCO)n2nc(-c3ccccc3C)nc2n1. The van der Waals surface area contributed by atoms with Crippen LogP contribution in [0.25, 0.3) is 17.2 Å². The van der Waals surface area contributed by atoms with Crippen LogP contribution in [0.2, 0.25) is 0 Å². The highest BCUT2D eigenvalue weighted by Gasteiger charge is 2.16. The number of aryl methyl sites for hydroxylation is 2.